The van der Waals surface area contributed by atoms with Crippen LogP contribution in [-0.2, 0) is 9.59 Å². The summed E-state index contributed by atoms with van der Waals surface area (Å²) in [5, 5.41) is 6.23. The van der Waals surface area contributed by atoms with E-state index in [9.17, 15) is 14.4 Å². The van der Waals surface area contributed by atoms with E-state index in [1.165, 1.54) is 31.0 Å². The monoisotopic (exact) mass is 485 g/mol. The van der Waals surface area contributed by atoms with Crippen LogP contribution >= 0.6 is 11.8 Å². The minimum atomic E-state index is -0.468. The summed E-state index contributed by atoms with van der Waals surface area (Å²) in [7, 11) is 4.18. The van der Waals surface area contributed by atoms with E-state index < -0.39 is 5.25 Å². The molecule has 0 unspecified atom stereocenters. The summed E-state index contributed by atoms with van der Waals surface area (Å²) >= 11 is 1.39. The molecule has 9 heteroatoms. The van der Waals surface area contributed by atoms with Gasteiger partial charge in [-0.05, 0) is 64.0 Å². The van der Waals surface area contributed by atoms with Crippen LogP contribution in [0, 0.1) is 0 Å². The molecular weight excluding hydrogens is 450 g/mol. The van der Waals surface area contributed by atoms with Crippen molar-refractivity contribution in [1.82, 2.24) is 15.1 Å². The van der Waals surface area contributed by atoms with Crippen molar-refractivity contribution >= 4 is 40.3 Å². The van der Waals surface area contributed by atoms with Crippen LogP contribution in [-0.4, -0.2) is 77.2 Å². The van der Waals surface area contributed by atoms with Gasteiger partial charge < -0.3 is 20.4 Å². The predicted octanol–water partition coefficient (Wildman–Crippen LogP) is 3.10. The highest BCUT2D eigenvalue weighted by molar-refractivity contribution is 8.15. The number of carbonyl (C=O) groups is 3. The standard InChI is InChI=1S/C25H35N5O3S/c1-29(2)25(12-4-3-5-13-25)17-26-22(32)18-8-10-19(11-9-18)27-21(31)16-20-23(33)28-24(34-20)30-14-6-7-15-30/h8-11,20H,3-7,12-17H2,1-2H3,(H,26,32)(H,27,31)/t20-/m0/s1. The van der Waals surface area contributed by atoms with Crippen LogP contribution in [0.15, 0.2) is 29.3 Å². The van der Waals surface area contributed by atoms with E-state index in [1.807, 2.05) is 0 Å². The van der Waals surface area contributed by atoms with Crippen molar-refractivity contribution in [3.63, 3.8) is 0 Å². The number of amides is 3. The van der Waals surface area contributed by atoms with E-state index in [1.54, 1.807) is 24.3 Å². The number of hydrogen-bond donors (Lipinski definition) is 2. The molecule has 1 aromatic rings. The number of carbonyl (C=O) groups excluding carboxylic acids is 3. The second kappa shape index (κ2) is 10.9. The summed E-state index contributed by atoms with van der Waals surface area (Å²) < 4.78 is 0. The molecule has 0 radical (unpaired) electrons. The molecule has 0 spiro atoms. The summed E-state index contributed by atoms with van der Waals surface area (Å²) in [5.74, 6) is -0.571. The van der Waals surface area contributed by atoms with E-state index >= 15 is 0 Å². The van der Waals surface area contributed by atoms with Gasteiger partial charge in [-0.3, -0.25) is 14.4 Å². The highest BCUT2D eigenvalue weighted by Crippen LogP contribution is 2.32. The van der Waals surface area contributed by atoms with Gasteiger partial charge >= 0.3 is 0 Å². The topological polar surface area (TPSA) is 94.1 Å². The normalized spacial score (nSPS) is 22.1. The van der Waals surface area contributed by atoms with Crippen molar-refractivity contribution in [2.24, 2.45) is 4.99 Å². The van der Waals surface area contributed by atoms with Gasteiger partial charge in [-0.15, -0.1) is 0 Å². The van der Waals surface area contributed by atoms with Gasteiger partial charge in [0.1, 0.15) is 5.25 Å². The van der Waals surface area contributed by atoms with E-state index in [0.29, 0.717) is 17.8 Å². The fourth-order valence-electron chi connectivity index (χ4n) is 4.98. The maximum absolute atomic E-state index is 12.7. The summed E-state index contributed by atoms with van der Waals surface area (Å²) in [5.41, 5.74) is 1.19. The molecule has 1 saturated carbocycles. The summed E-state index contributed by atoms with van der Waals surface area (Å²) in [6.45, 7) is 2.48. The molecule has 0 bridgehead atoms. The number of anilines is 1. The lowest BCUT2D eigenvalue weighted by atomic mass is 9.80. The fraction of sp³-hybridized carbons (Fsp3) is 0.600. The molecule has 3 aliphatic rings. The predicted molar refractivity (Wildman–Crippen MR) is 136 cm³/mol. The Morgan fingerprint density at radius 3 is 2.41 bits per heavy atom. The van der Waals surface area contributed by atoms with Crippen molar-refractivity contribution in [2.45, 2.75) is 62.2 Å². The lowest BCUT2D eigenvalue weighted by Gasteiger charge is -2.43. The second-order valence-electron chi connectivity index (χ2n) is 9.73. The number of thioether (sulfide) groups is 1. The van der Waals surface area contributed by atoms with Crippen molar-refractivity contribution in [3.8, 4) is 0 Å². The van der Waals surface area contributed by atoms with E-state index in [4.69, 9.17) is 0 Å². The van der Waals surface area contributed by atoms with Crippen molar-refractivity contribution in [2.75, 3.05) is 39.0 Å². The first-order valence-electron chi connectivity index (χ1n) is 12.3. The Bertz CT molecular complexity index is 934. The zero-order chi connectivity index (χ0) is 24.1. The van der Waals surface area contributed by atoms with E-state index in [0.717, 1.165) is 43.9 Å². The minimum Gasteiger partial charge on any atom is -0.351 e. The molecule has 1 saturated heterocycles. The van der Waals surface area contributed by atoms with Gasteiger partial charge in [-0.2, -0.15) is 4.99 Å². The van der Waals surface area contributed by atoms with Gasteiger partial charge in [0, 0.05) is 42.8 Å². The van der Waals surface area contributed by atoms with Gasteiger partial charge in [-0.25, -0.2) is 0 Å². The SMILES string of the molecule is CN(C)C1(CNC(=O)c2ccc(NC(=O)C[C@@H]3SC(N4CCCC4)=NC3=O)cc2)CCCCC1. The van der Waals surface area contributed by atoms with Crippen LogP contribution in [0.25, 0.3) is 0 Å². The molecule has 2 fully saturated rings. The largest absolute Gasteiger partial charge is 0.351 e. The number of benzene rings is 1. The Balaban J connectivity index is 1.26. The Morgan fingerprint density at radius 1 is 1.09 bits per heavy atom. The summed E-state index contributed by atoms with van der Waals surface area (Å²) in [6.07, 6.45) is 8.15. The van der Waals surface area contributed by atoms with Crippen LogP contribution in [0.5, 0.6) is 0 Å². The average Bonchev–Trinajstić information content (AvgIpc) is 3.49. The molecule has 0 aromatic heterocycles. The third-order valence-electron chi connectivity index (χ3n) is 7.22. The highest BCUT2D eigenvalue weighted by atomic mass is 32.2. The maximum Gasteiger partial charge on any atom is 0.262 e. The molecule has 4 rings (SSSR count). The van der Waals surface area contributed by atoms with Crippen molar-refractivity contribution in [1.29, 1.82) is 0 Å². The molecule has 2 N–H and O–H groups in total. The van der Waals surface area contributed by atoms with Crippen LogP contribution in [0.3, 0.4) is 0 Å². The number of hydrogen-bond acceptors (Lipinski definition) is 6. The molecule has 34 heavy (non-hydrogen) atoms. The fourth-order valence-corrected chi connectivity index (χ4v) is 6.09. The molecule has 1 aliphatic carbocycles. The third kappa shape index (κ3) is 5.81. The van der Waals surface area contributed by atoms with Crippen LogP contribution < -0.4 is 10.6 Å². The van der Waals surface area contributed by atoms with Crippen LogP contribution in [0.2, 0.25) is 0 Å². The Morgan fingerprint density at radius 2 is 1.76 bits per heavy atom. The Labute approximate surface area is 205 Å². The molecular formula is C25H35N5O3S. The van der Waals surface area contributed by atoms with E-state index in [2.05, 4.69) is 39.5 Å². The smallest absolute Gasteiger partial charge is 0.262 e. The first kappa shape index (κ1) is 24.7. The maximum atomic E-state index is 12.7. The molecule has 184 valence electrons. The van der Waals surface area contributed by atoms with Gasteiger partial charge in [0.05, 0.1) is 0 Å². The quantitative estimate of drug-likeness (QED) is 0.616. The molecule has 3 amide bonds. The Hall–Kier alpha value is -2.39. The highest BCUT2D eigenvalue weighted by Gasteiger charge is 2.35. The number of aliphatic imine (C=N–C) groups is 1. The number of likely N-dealkylation sites (tertiary alicyclic amines) is 1. The first-order valence-corrected chi connectivity index (χ1v) is 13.1. The van der Waals surface area contributed by atoms with Gasteiger partial charge in [0.2, 0.25) is 5.91 Å². The third-order valence-corrected chi connectivity index (χ3v) is 8.43. The van der Waals surface area contributed by atoms with Gasteiger partial charge in [0.15, 0.2) is 5.17 Å². The second-order valence-corrected chi connectivity index (χ2v) is 10.9. The molecule has 1 atom stereocenters. The van der Waals surface area contributed by atoms with Crippen LogP contribution in [0.1, 0.15) is 61.7 Å². The number of nitrogens with zero attached hydrogens (tertiary/aromatic N) is 3. The zero-order valence-electron chi connectivity index (χ0n) is 20.1. The molecule has 2 heterocycles. The molecule has 8 nitrogen and oxygen atoms in total. The summed E-state index contributed by atoms with van der Waals surface area (Å²) in [4.78, 5) is 46.0. The lowest BCUT2D eigenvalue weighted by Crippen LogP contribution is -2.53. The van der Waals surface area contributed by atoms with Gasteiger partial charge in [-0.1, -0.05) is 31.0 Å². The summed E-state index contributed by atoms with van der Waals surface area (Å²) in [6, 6.07) is 6.90. The number of likely N-dealkylation sites (N-methyl/N-ethyl adjacent to an activating group) is 1. The first-order chi connectivity index (χ1) is 16.4. The van der Waals surface area contributed by atoms with Crippen LogP contribution in [0.4, 0.5) is 5.69 Å². The number of rotatable bonds is 7. The van der Waals surface area contributed by atoms with E-state index in [-0.39, 0.29) is 29.7 Å². The van der Waals surface area contributed by atoms with Gasteiger partial charge in [0.25, 0.3) is 11.8 Å². The number of nitrogens with one attached hydrogen (secondary N) is 2. The Kier molecular flexibility index (Phi) is 7.93. The molecule has 1 aromatic carbocycles. The van der Waals surface area contributed by atoms with Crippen molar-refractivity contribution < 1.29 is 14.4 Å². The minimum absolute atomic E-state index is 0.0237. The lowest BCUT2D eigenvalue weighted by molar-refractivity contribution is -0.121. The average molecular weight is 486 g/mol. The number of amidine groups is 1. The molecule has 2 aliphatic heterocycles. The van der Waals surface area contributed by atoms with Crippen molar-refractivity contribution in [3.05, 3.63) is 29.8 Å². The zero-order valence-corrected chi connectivity index (χ0v) is 21.0.